The van der Waals surface area contributed by atoms with Gasteiger partial charge in [-0.1, -0.05) is 54.6 Å². The Morgan fingerprint density at radius 3 is 2.68 bits per heavy atom. The minimum Gasteiger partial charge on any atom is -0.772 e. The number of benzene rings is 1. The van der Waals surface area contributed by atoms with Crippen LogP contribution in [0.5, 0.6) is 0 Å². The van der Waals surface area contributed by atoms with E-state index in [2.05, 4.69) is 0 Å². The second-order valence-corrected chi connectivity index (χ2v) is 6.91. The molecule has 2 unspecified atom stereocenters. The fourth-order valence-electron chi connectivity index (χ4n) is 2.91. The van der Waals surface area contributed by atoms with Crippen LogP contribution >= 0.6 is 11.6 Å². The van der Waals surface area contributed by atoms with Crippen LogP contribution in [-0.4, -0.2) is 14.7 Å². The van der Waals surface area contributed by atoms with Gasteiger partial charge in [0.15, 0.2) is 0 Å². The number of halogens is 1. The molecule has 1 aromatic rings. The Labute approximate surface area is 138 Å². The fourth-order valence-corrected chi connectivity index (χ4v) is 3.75. The first-order valence-electron chi connectivity index (χ1n) is 7.55. The van der Waals surface area contributed by atoms with Crippen molar-refractivity contribution in [3.8, 4) is 0 Å². The molecule has 1 aromatic carbocycles. The van der Waals surface area contributed by atoms with Crippen LogP contribution in [0.15, 0.2) is 18.2 Å². The van der Waals surface area contributed by atoms with E-state index in [4.69, 9.17) is 16.3 Å². The summed E-state index contributed by atoms with van der Waals surface area (Å²) in [6.07, 6.45) is 4.40. The first-order valence-corrected chi connectivity index (χ1v) is 9.17. The zero-order valence-electron chi connectivity index (χ0n) is 12.5. The maximum absolute atomic E-state index is 11.7. The van der Waals surface area contributed by atoms with E-state index in [1.807, 2.05) is 6.07 Å². The first kappa shape index (κ1) is 17.4. The van der Waals surface area contributed by atoms with E-state index >= 15 is 0 Å². The molecular weight excluding hydrogens is 324 g/mol. The van der Waals surface area contributed by atoms with Crippen LogP contribution in [0.4, 0.5) is 0 Å². The highest BCUT2D eigenvalue weighted by molar-refractivity contribution is 7.78. The zero-order valence-corrected chi connectivity index (χ0v) is 14.1. The topological polar surface area (TPSA) is 66.4 Å². The Morgan fingerprint density at radius 1 is 1.45 bits per heavy atom. The number of hydrogen-bond donors (Lipinski definition) is 0. The van der Waals surface area contributed by atoms with E-state index in [9.17, 15) is 13.6 Å². The predicted molar refractivity (Wildman–Crippen MR) is 85.2 cm³/mol. The third-order valence-electron chi connectivity index (χ3n) is 4.05. The van der Waals surface area contributed by atoms with Gasteiger partial charge in [0.2, 0.25) is 0 Å². The summed E-state index contributed by atoms with van der Waals surface area (Å²) in [6, 6.07) is 5.25. The van der Waals surface area contributed by atoms with Gasteiger partial charge in [-0.2, -0.15) is 0 Å². The minimum atomic E-state index is -2.18. The number of hydrogen-bond acceptors (Lipinski definition) is 4. The zero-order chi connectivity index (χ0) is 16.1. The maximum Gasteiger partial charge on any atom is 0.306 e. The molecule has 2 rings (SSSR count). The summed E-state index contributed by atoms with van der Waals surface area (Å²) in [5, 5.41) is 0.400. The van der Waals surface area contributed by atoms with E-state index in [1.165, 1.54) is 0 Å². The number of rotatable bonds is 6. The Kier molecular flexibility index (Phi) is 6.41. The van der Waals surface area contributed by atoms with Gasteiger partial charge in [-0.15, -0.1) is 0 Å². The largest absolute Gasteiger partial charge is 0.772 e. The Bertz CT molecular complexity index is 555. The molecular formula is C16H20ClO4S-. The Balaban J connectivity index is 2.24. The molecule has 0 saturated heterocycles. The second kappa shape index (κ2) is 8.09. The van der Waals surface area contributed by atoms with Gasteiger partial charge in [-0.25, -0.2) is 0 Å². The van der Waals surface area contributed by atoms with Crippen LogP contribution in [0.2, 0.25) is 5.02 Å². The van der Waals surface area contributed by atoms with E-state index in [0.29, 0.717) is 22.9 Å². The van der Waals surface area contributed by atoms with Crippen molar-refractivity contribution in [1.29, 1.82) is 0 Å². The number of esters is 1. The molecule has 4 nitrogen and oxygen atoms in total. The van der Waals surface area contributed by atoms with Crippen LogP contribution < -0.4 is 0 Å². The first-order chi connectivity index (χ1) is 10.5. The molecule has 2 atom stereocenters. The highest BCUT2D eigenvalue weighted by atomic mass is 35.5. The molecule has 1 aliphatic carbocycles. The lowest BCUT2D eigenvalue weighted by molar-refractivity contribution is -0.152. The average Bonchev–Trinajstić information content (AvgIpc) is 3.00. The lowest BCUT2D eigenvalue weighted by atomic mass is 9.93. The van der Waals surface area contributed by atoms with Gasteiger partial charge in [-0.05, 0) is 30.0 Å². The number of carbonyl (C=O) groups excluding carboxylic acids is 1. The third-order valence-corrected chi connectivity index (χ3v) is 4.95. The van der Waals surface area contributed by atoms with Crippen LogP contribution in [0, 0.1) is 5.92 Å². The van der Waals surface area contributed by atoms with Gasteiger partial charge in [0.05, 0.1) is 0 Å². The minimum absolute atomic E-state index is 0.109. The van der Waals surface area contributed by atoms with Crippen molar-refractivity contribution in [2.45, 2.75) is 50.9 Å². The molecule has 1 fully saturated rings. The molecule has 0 aromatic heterocycles. The van der Waals surface area contributed by atoms with E-state index < -0.39 is 11.1 Å². The van der Waals surface area contributed by atoms with Crippen molar-refractivity contribution < 1.29 is 18.3 Å². The normalized spacial score (nSPS) is 18.1. The third kappa shape index (κ3) is 4.54. The molecule has 0 N–H and O–H groups in total. The Hall–Kier alpha value is -0.910. The molecule has 22 heavy (non-hydrogen) atoms. The van der Waals surface area contributed by atoms with Gasteiger partial charge in [0.1, 0.15) is 6.10 Å². The lowest BCUT2D eigenvalue weighted by Gasteiger charge is -2.24. The molecule has 0 aliphatic heterocycles. The standard InChI is InChI=1S/C16H21ClO4S/c1-2-15(18)21-16(11-5-3-4-6-11)12-7-8-13(10-22(19)20)14(17)9-12/h7-9,11,16H,2-6,10H2,1H3,(H,19,20)/p-1. The van der Waals surface area contributed by atoms with Crippen LogP contribution in [0.25, 0.3) is 0 Å². The van der Waals surface area contributed by atoms with Crippen LogP contribution in [0.3, 0.4) is 0 Å². The predicted octanol–water partition coefficient (Wildman–Crippen LogP) is 3.90. The highest BCUT2D eigenvalue weighted by Crippen LogP contribution is 2.39. The summed E-state index contributed by atoms with van der Waals surface area (Å²) >= 11 is 4.00. The Morgan fingerprint density at radius 2 is 2.14 bits per heavy atom. The van der Waals surface area contributed by atoms with E-state index in [-0.39, 0.29) is 17.8 Å². The summed E-state index contributed by atoms with van der Waals surface area (Å²) in [7, 11) is 0. The number of ether oxygens (including phenoxy) is 1. The molecule has 0 heterocycles. The van der Waals surface area contributed by atoms with Crippen molar-refractivity contribution in [2.75, 3.05) is 0 Å². The molecule has 0 radical (unpaired) electrons. The molecule has 0 spiro atoms. The molecule has 1 saturated carbocycles. The summed E-state index contributed by atoms with van der Waals surface area (Å²) in [5.74, 6) is -0.0223. The van der Waals surface area contributed by atoms with Gasteiger partial charge < -0.3 is 9.29 Å². The van der Waals surface area contributed by atoms with Crippen LogP contribution in [0.1, 0.15) is 56.3 Å². The van der Waals surface area contributed by atoms with Crippen molar-refractivity contribution in [3.05, 3.63) is 34.3 Å². The van der Waals surface area contributed by atoms with Crippen molar-refractivity contribution in [1.82, 2.24) is 0 Å². The van der Waals surface area contributed by atoms with Gasteiger partial charge >= 0.3 is 5.97 Å². The monoisotopic (exact) mass is 343 g/mol. The SMILES string of the molecule is CCC(=O)OC(c1ccc(CS(=O)[O-])c(Cl)c1)C1CCCC1. The van der Waals surface area contributed by atoms with E-state index in [0.717, 1.165) is 31.2 Å². The van der Waals surface area contributed by atoms with E-state index in [1.54, 1.807) is 19.1 Å². The number of carbonyl (C=O) groups is 1. The molecule has 6 heteroatoms. The molecule has 1 aliphatic rings. The molecule has 0 amide bonds. The summed E-state index contributed by atoms with van der Waals surface area (Å²) in [5.41, 5.74) is 1.41. The van der Waals surface area contributed by atoms with Crippen molar-refractivity contribution in [3.63, 3.8) is 0 Å². The van der Waals surface area contributed by atoms with Crippen molar-refractivity contribution >= 4 is 28.7 Å². The van der Waals surface area contributed by atoms with Gasteiger partial charge in [0, 0.05) is 23.1 Å². The molecule has 0 bridgehead atoms. The highest BCUT2D eigenvalue weighted by Gasteiger charge is 2.29. The second-order valence-electron chi connectivity index (χ2n) is 5.61. The lowest BCUT2D eigenvalue weighted by Crippen LogP contribution is -2.17. The van der Waals surface area contributed by atoms with Gasteiger partial charge in [0.25, 0.3) is 0 Å². The summed E-state index contributed by atoms with van der Waals surface area (Å²) in [6.45, 7) is 1.77. The quantitative estimate of drug-likeness (QED) is 0.580. The van der Waals surface area contributed by atoms with Gasteiger partial charge in [-0.3, -0.25) is 9.00 Å². The summed E-state index contributed by atoms with van der Waals surface area (Å²) < 4.78 is 27.2. The van der Waals surface area contributed by atoms with Crippen LogP contribution in [-0.2, 0) is 26.4 Å². The summed E-state index contributed by atoms with van der Waals surface area (Å²) in [4.78, 5) is 11.7. The maximum atomic E-state index is 11.7. The fraction of sp³-hybridized carbons (Fsp3) is 0.562. The van der Waals surface area contributed by atoms with Crippen molar-refractivity contribution in [2.24, 2.45) is 5.92 Å². The average molecular weight is 344 g/mol. The smallest absolute Gasteiger partial charge is 0.306 e. The molecule has 122 valence electrons.